The fourth-order valence-electron chi connectivity index (χ4n) is 2.91. The number of nitrogens with one attached hydrogen (secondary N) is 1. The first-order chi connectivity index (χ1) is 9.12. The minimum absolute atomic E-state index is 0.155. The molecule has 1 aliphatic carbocycles. The van der Waals surface area contributed by atoms with Crippen molar-refractivity contribution in [1.29, 1.82) is 0 Å². The summed E-state index contributed by atoms with van der Waals surface area (Å²) in [6.45, 7) is 0. The van der Waals surface area contributed by atoms with Gasteiger partial charge in [-0.05, 0) is 25.0 Å². The molecule has 102 valence electrons. The van der Waals surface area contributed by atoms with Gasteiger partial charge < -0.3 is 15.5 Å². The van der Waals surface area contributed by atoms with Crippen LogP contribution in [-0.2, 0) is 0 Å². The second kappa shape index (κ2) is 4.81. The van der Waals surface area contributed by atoms with Crippen LogP contribution in [0.1, 0.15) is 23.2 Å². The Morgan fingerprint density at radius 3 is 2.79 bits per heavy atom. The maximum atomic E-state index is 12.2. The molecule has 0 spiro atoms. The molecule has 2 bridgehead atoms. The van der Waals surface area contributed by atoms with Gasteiger partial charge in [-0.15, -0.1) is 0 Å². The normalized spacial score (nSPS) is 37.1. The highest BCUT2D eigenvalue weighted by molar-refractivity contribution is 8.00. The second-order valence-electron chi connectivity index (χ2n) is 5.30. The third-order valence-electron chi connectivity index (χ3n) is 4.07. The minimum atomic E-state index is -0.672. The molecule has 1 aromatic rings. The van der Waals surface area contributed by atoms with E-state index >= 15 is 0 Å². The van der Waals surface area contributed by atoms with Crippen LogP contribution in [0.3, 0.4) is 0 Å². The van der Waals surface area contributed by atoms with Crippen molar-refractivity contribution in [3.05, 3.63) is 35.9 Å². The summed E-state index contributed by atoms with van der Waals surface area (Å²) >= 11 is 1.55. The van der Waals surface area contributed by atoms with Crippen LogP contribution >= 0.6 is 11.8 Å². The molecule has 1 heterocycles. The van der Waals surface area contributed by atoms with Gasteiger partial charge in [-0.1, -0.05) is 18.2 Å². The zero-order valence-electron chi connectivity index (χ0n) is 10.5. The molecule has 1 amide bonds. The van der Waals surface area contributed by atoms with Gasteiger partial charge in [0.1, 0.15) is 0 Å². The third kappa shape index (κ3) is 2.16. The lowest BCUT2D eigenvalue weighted by molar-refractivity contribution is -0.00240. The van der Waals surface area contributed by atoms with Crippen LogP contribution in [0.5, 0.6) is 0 Å². The van der Waals surface area contributed by atoms with E-state index < -0.39 is 17.7 Å². The molecule has 0 unspecified atom stereocenters. The number of thioether (sulfide) groups is 1. The molecule has 1 aliphatic heterocycles. The minimum Gasteiger partial charge on any atom is -0.392 e. The van der Waals surface area contributed by atoms with Gasteiger partial charge in [-0.2, -0.15) is 11.8 Å². The van der Waals surface area contributed by atoms with Crippen LogP contribution in [0.15, 0.2) is 30.3 Å². The lowest BCUT2D eigenvalue weighted by Crippen LogP contribution is -2.61. The van der Waals surface area contributed by atoms with Crippen LogP contribution in [-0.4, -0.2) is 44.9 Å². The molecule has 1 saturated carbocycles. The number of aliphatic hydroxyl groups excluding tert-OH is 2. The van der Waals surface area contributed by atoms with Gasteiger partial charge in [0.2, 0.25) is 0 Å². The van der Waals surface area contributed by atoms with Crippen molar-refractivity contribution in [3.63, 3.8) is 0 Å². The molecule has 3 rings (SSSR count). The molecule has 2 fully saturated rings. The maximum absolute atomic E-state index is 12.2. The van der Waals surface area contributed by atoms with Crippen molar-refractivity contribution in [2.45, 2.75) is 35.8 Å². The van der Waals surface area contributed by atoms with E-state index in [2.05, 4.69) is 5.32 Å². The Hall–Kier alpha value is -1.04. The number of amides is 1. The van der Waals surface area contributed by atoms with Gasteiger partial charge in [0.25, 0.3) is 5.91 Å². The molecule has 0 aromatic heterocycles. The zero-order valence-corrected chi connectivity index (χ0v) is 11.3. The largest absolute Gasteiger partial charge is 0.392 e. The van der Waals surface area contributed by atoms with Crippen molar-refractivity contribution < 1.29 is 15.0 Å². The smallest absolute Gasteiger partial charge is 0.251 e. The number of fused-ring (bicyclic) bond motifs is 2. The SMILES string of the molecule is O=C(N[C@@]12CC[C@@H](O)[C@H](SC1)[C@@H]2O)c1ccccc1. The van der Waals surface area contributed by atoms with Crippen molar-refractivity contribution in [1.82, 2.24) is 5.32 Å². The average Bonchev–Trinajstić information content (AvgIpc) is 2.64. The van der Waals surface area contributed by atoms with E-state index in [4.69, 9.17) is 0 Å². The molecule has 0 radical (unpaired) electrons. The molecular formula is C14H17NO3S. The maximum Gasteiger partial charge on any atom is 0.251 e. The highest BCUT2D eigenvalue weighted by Gasteiger charge is 2.54. The number of rotatable bonds is 2. The molecule has 4 atom stereocenters. The Balaban J connectivity index is 1.78. The summed E-state index contributed by atoms with van der Waals surface area (Å²) in [4.78, 5) is 12.2. The number of aliphatic hydroxyl groups is 2. The lowest BCUT2D eigenvalue weighted by atomic mass is 9.79. The predicted octanol–water partition coefficient (Wildman–Crippen LogP) is 0.786. The molecular weight excluding hydrogens is 262 g/mol. The first-order valence-corrected chi connectivity index (χ1v) is 7.53. The summed E-state index contributed by atoms with van der Waals surface area (Å²) in [5, 5.41) is 23.0. The fourth-order valence-corrected chi connectivity index (χ4v) is 4.59. The van der Waals surface area contributed by atoms with E-state index in [1.165, 1.54) is 0 Å². The third-order valence-corrected chi connectivity index (χ3v) is 5.71. The molecule has 2 aliphatic rings. The van der Waals surface area contributed by atoms with Crippen molar-refractivity contribution in [3.8, 4) is 0 Å². The number of hydrogen-bond acceptors (Lipinski definition) is 4. The first kappa shape index (κ1) is 13.0. The Morgan fingerprint density at radius 2 is 2.05 bits per heavy atom. The number of carbonyl (C=O) groups is 1. The van der Waals surface area contributed by atoms with Gasteiger partial charge in [-0.3, -0.25) is 4.79 Å². The summed E-state index contributed by atoms with van der Waals surface area (Å²) in [5.74, 6) is 0.506. The monoisotopic (exact) mass is 279 g/mol. The Morgan fingerprint density at radius 1 is 1.32 bits per heavy atom. The summed E-state index contributed by atoms with van der Waals surface area (Å²) in [6.07, 6.45) is 0.111. The lowest BCUT2D eigenvalue weighted by Gasteiger charge is -2.39. The van der Waals surface area contributed by atoms with Crippen LogP contribution in [0.2, 0.25) is 0 Å². The van der Waals surface area contributed by atoms with Crippen LogP contribution < -0.4 is 5.32 Å². The molecule has 3 N–H and O–H groups in total. The van der Waals surface area contributed by atoms with Crippen molar-refractivity contribution >= 4 is 17.7 Å². The molecule has 4 nitrogen and oxygen atoms in total. The van der Waals surface area contributed by atoms with Gasteiger partial charge in [-0.25, -0.2) is 0 Å². The molecule has 1 saturated heterocycles. The first-order valence-electron chi connectivity index (χ1n) is 6.48. The fraction of sp³-hybridized carbons (Fsp3) is 0.500. The number of carbonyl (C=O) groups excluding carboxylic acids is 1. The summed E-state index contributed by atoms with van der Waals surface area (Å²) in [5.41, 5.74) is 0.0187. The standard InChI is InChI=1S/C14H17NO3S/c16-10-6-7-14(8-19-11(10)12(14)17)15-13(18)9-4-2-1-3-5-9/h1-5,10-12,16-17H,6-8H2,(H,15,18)/t10-,11+,12+,14+/m1/s1. The van der Waals surface area contributed by atoms with Crippen LogP contribution in [0, 0.1) is 0 Å². The quantitative estimate of drug-likeness (QED) is 0.748. The van der Waals surface area contributed by atoms with Crippen molar-refractivity contribution in [2.24, 2.45) is 0 Å². The molecule has 5 heteroatoms. The average molecular weight is 279 g/mol. The Bertz CT molecular complexity index is 481. The number of hydrogen-bond donors (Lipinski definition) is 3. The Kier molecular flexibility index (Phi) is 3.28. The second-order valence-corrected chi connectivity index (χ2v) is 6.47. The van der Waals surface area contributed by atoms with Gasteiger partial charge in [0.05, 0.1) is 23.0 Å². The van der Waals surface area contributed by atoms with Gasteiger partial charge >= 0.3 is 0 Å². The summed E-state index contributed by atoms with van der Waals surface area (Å²) in [6, 6.07) is 9.02. The molecule has 1 aromatic carbocycles. The highest BCUT2D eigenvalue weighted by Crippen LogP contribution is 2.45. The molecule has 19 heavy (non-hydrogen) atoms. The van der Waals surface area contributed by atoms with E-state index in [-0.39, 0.29) is 11.2 Å². The predicted molar refractivity (Wildman–Crippen MR) is 74.1 cm³/mol. The summed E-state index contributed by atoms with van der Waals surface area (Å²) in [7, 11) is 0. The van der Waals surface area contributed by atoms with Gasteiger partial charge in [0.15, 0.2) is 0 Å². The van der Waals surface area contributed by atoms with Gasteiger partial charge in [0, 0.05) is 11.3 Å². The zero-order chi connectivity index (χ0) is 13.5. The topological polar surface area (TPSA) is 69.6 Å². The van der Waals surface area contributed by atoms with E-state index in [1.807, 2.05) is 18.2 Å². The highest BCUT2D eigenvalue weighted by atomic mass is 32.2. The van der Waals surface area contributed by atoms with E-state index in [0.29, 0.717) is 24.2 Å². The van der Waals surface area contributed by atoms with E-state index in [1.54, 1.807) is 23.9 Å². The Labute approximate surface area is 116 Å². The van der Waals surface area contributed by atoms with Crippen molar-refractivity contribution in [2.75, 3.05) is 5.75 Å². The summed E-state index contributed by atoms with van der Waals surface area (Å²) < 4.78 is 0. The van der Waals surface area contributed by atoms with Crippen LogP contribution in [0.25, 0.3) is 0 Å². The van der Waals surface area contributed by atoms with Crippen LogP contribution in [0.4, 0.5) is 0 Å². The van der Waals surface area contributed by atoms with E-state index in [9.17, 15) is 15.0 Å². The van der Waals surface area contributed by atoms with E-state index in [0.717, 1.165) is 0 Å². The number of benzene rings is 1.